The lowest BCUT2D eigenvalue weighted by Gasteiger charge is -2.19. The lowest BCUT2D eigenvalue weighted by molar-refractivity contribution is -0.163. The van der Waals surface area contributed by atoms with Gasteiger partial charge in [-0.2, -0.15) is 8.78 Å². The molecule has 0 aliphatic carbocycles. The van der Waals surface area contributed by atoms with Gasteiger partial charge in [-0.1, -0.05) is 35.3 Å². The molecule has 0 saturated heterocycles. The van der Waals surface area contributed by atoms with Gasteiger partial charge in [0.1, 0.15) is 17.3 Å². The summed E-state index contributed by atoms with van der Waals surface area (Å²) in [5, 5.41) is 0. The highest BCUT2D eigenvalue weighted by Gasteiger charge is 2.40. The molecule has 4 nitrogen and oxygen atoms in total. The molecule has 1 aromatic heterocycles. The van der Waals surface area contributed by atoms with Crippen LogP contribution in [0.3, 0.4) is 0 Å². The molecule has 28 heavy (non-hydrogen) atoms. The summed E-state index contributed by atoms with van der Waals surface area (Å²) in [5.41, 5.74) is 1.37. The minimum Gasteiger partial charge on any atom is -0.493 e. The van der Waals surface area contributed by atoms with Crippen LogP contribution in [0, 0.1) is 5.82 Å². The molecule has 0 spiro atoms. The van der Waals surface area contributed by atoms with Crippen LogP contribution in [-0.4, -0.2) is 28.0 Å². The van der Waals surface area contributed by atoms with E-state index < -0.39 is 10.9 Å². The number of hydrogen-bond donors (Lipinski definition) is 0. The van der Waals surface area contributed by atoms with Crippen LogP contribution in [0.4, 0.5) is 13.2 Å². The number of benzene rings is 2. The Balaban J connectivity index is 2.01. The summed E-state index contributed by atoms with van der Waals surface area (Å²) in [6.45, 7) is 0. The third kappa shape index (κ3) is 4.48. The summed E-state index contributed by atoms with van der Waals surface area (Å²) in [6, 6.07) is 11.5. The van der Waals surface area contributed by atoms with E-state index in [1.807, 2.05) is 0 Å². The quantitative estimate of drug-likeness (QED) is 0.470. The largest absolute Gasteiger partial charge is 0.493 e. The van der Waals surface area contributed by atoms with Crippen molar-refractivity contribution in [2.75, 3.05) is 7.11 Å². The molecular formula is C19H13Cl2F3N2O2. The van der Waals surface area contributed by atoms with E-state index in [9.17, 15) is 13.2 Å². The van der Waals surface area contributed by atoms with Crippen LogP contribution in [0.5, 0.6) is 11.5 Å². The highest BCUT2D eigenvalue weighted by Crippen LogP contribution is 2.34. The molecule has 0 fully saturated rings. The molecule has 0 amide bonds. The second-order valence-electron chi connectivity index (χ2n) is 5.61. The summed E-state index contributed by atoms with van der Waals surface area (Å²) in [5.74, 6) is 0.0920. The van der Waals surface area contributed by atoms with Gasteiger partial charge < -0.3 is 9.47 Å². The Hall–Kier alpha value is -2.51. The predicted molar refractivity (Wildman–Crippen MR) is 100 cm³/mol. The molecule has 0 N–H and O–H groups in total. The molecule has 0 saturated carbocycles. The van der Waals surface area contributed by atoms with Crippen LogP contribution in [0.1, 0.15) is 0 Å². The summed E-state index contributed by atoms with van der Waals surface area (Å²) >= 11 is 10.5. The predicted octanol–water partition coefficient (Wildman–Crippen LogP) is 5.73. The maximum Gasteiger partial charge on any atom is 0.428 e. The topological polar surface area (TPSA) is 44.2 Å². The van der Waals surface area contributed by atoms with Gasteiger partial charge in [0.25, 0.3) is 0 Å². The minimum absolute atomic E-state index is 0.155. The summed E-state index contributed by atoms with van der Waals surface area (Å²) in [6.07, 6.45) is -2.33. The van der Waals surface area contributed by atoms with Gasteiger partial charge in [0.15, 0.2) is 11.6 Å². The number of alkyl halides is 4. The van der Waals surface area contributed by atoms with E-state index in [1.54, 1.807) is 6.07 Å². The summed E-state index contributed by atoms with van der Waals surface area (Å²) in [4.78, 5) is 6.60. The van der Waals surface area contributed by atoms with Crippen LogP contribution >= 0.6 is 23.2 Å². The molecule has 1 heterocycles. The fourth-order valence-electron chi connectivity index (χ4n) is 2.37. The van der Waals surface area contributed by atoms with Crippen molar-refractivity contribution in [3.63, 3.8) is 0 Å². The van der Waals surface area contributed by atoms with Crippen molar-refractivity contribution >= 4 is 23.2 Å². The first-order chi connectivity index (χ1) is 13.3. The first-order valence-electron chi connectivity index (χ1n) is 7.92. The van der Waals surface area contributed by atoms with Crippen molar-refractivity contribution in [2.24, 2.45) is 0 Å². The second-order valence-corrected chi connectivity index (χ2v) is 6.71. The van der Waals surface area contributed by atoms with Crippen LogP contribution in [0.2, 0.25) is 0 Å². The standard InChI is InChI=1S/C19H13Cl2F3N2O2/c1-27-15-10-25-17(11-5-7-13(22)8-6-11)26-16(15)12-3-2-4-14(9-12)28-19(23,24)18(20)21/h2-10,18H,1H3. The van der Waals surface area contributed by atoms with E-state index in [0.29, 0.717) is 28.4 Å². The minimum atomic E-state index is -3.77. The van der Waals surface area contributed by atoms with E-state index in [2.05, 4.69) is 14.7 Å². The third-order valence-electron chi connectivity index (χ3n) is 3.69. The zero-order valence-electron chi connectivity index (χ0n) is 14.4. The van der Waals surface area contributed by atoms with Crippen LogP contribution in [0.15, 0.2) is 54.7 Å². The molecule has 9 heteroatoms. The van der Waals surface area contributed by atoms with Gasteiger partial charge in [-0.25, -0.2) is 14.4 Å². The van der Waals surface area contributed by atoms with Crippen molar-refractivity contribution in [3.05, 3.63) is 60.5 Å². The number of nitrogens with zero attached hydrogens (tertiary/aromatic N) is 2. The highest BCUT2D eigenvalue weighted by atomic mass is 35.5. The molecule has 3 aromatic rings. The van der Waals surface area contributed by atoms with Gasteiger partial charge in [0, 0.05) is 11.1 Å². The molecule has 3 rings (SSSR count). The molecule has 146 valence electrons. The van der Waals surface area contributed by atoms with Crippen LogP contribution in [0.25, 0.3) is 22.6 Å². The van der Waals surface area contributed by atoms with Gasteiger partial charge in [0.2, 0.25) is 4.84 Å². The van der Waals surface area contributed by atoms with Crippen LogP contribution < -0.4 is 9.47 Å². The Kier molecular flexibility index (Phi) is 5.96. The number of methoxy groups -OCH3 is 1. The maximum absolute atomic E-state index is 13.7. The Morgan fingerprint density at radius 1 is 1.04 bits per heavy atom. The van der Waals surface area contributed by atoms with Crippen LogP contribution in [-0.2, 0) is 0 Å². The normalized spacial score (nSPS) is 11.5. The van der Waals surface area contributed by atoms with Gasteiger partial charge in [-0.15, -0.1) is 0 Å². The number of halogens is 5. The smallest absolute Gasteiger partial charge is 0.428 e. The Bertz CT molecular complexity index is 970. The molecule has 0 radical (unpaired) electrons. The monoisotopic (exact) mass is 428 g/mol. The summed E-state index contributed by atoms with van der Waals surface area (Å²) in [7, 11) is 1.43. The number of rotatable bonds is 6. The van der Waals surface area contributed by atoms with Crippen molar-refractivity contribution in [2.45, 2.75) is 10.9 Å². The van der Waals surface area contributed by atoms with Gasteiger partial charge >= 0.3 is 6.11 Å². The van der Waals surface area contributed by atoms with Gasteiger partial charge in [0.05, 0.1) is 13.3 Å². The molecule has 2 aromatic carbocycles. The molecule has 0 atom stereocenters. The lowest BCUT2D eigenvalue weighted by atomic mass is 10.1. The number of aromatic nitrogens is 2. The third-order valence-corrected chi connectivity index (χ3v) is 4.20. The second kappa shape index (κ2) is 8.24. The first-order valence-corrected chi connectivity index (χ1v) is 8.80. The van der Waals surface area contributed by atoms with E-state index in [4.69, 9.17) is 27.9 Å². The maximum atomic E-state index is 13.7. The SMILES string of the molecule is COc1cnc(-c2ccc(F)cc2)nc1-c1cccc(OC(F)(F)C(Cl)Cl)c1. The molecule has 0 aliphatic heterocycles. The fourth-order valence-corrected chi connectivity index (χ4v) is 2.46. The fraction of sp³-hybridized carbons (Fsp3) is 0.158. The van der Waals surface area contributed by atoms with Crippen molar-refractivity contribution in [3.8, 4) is 34.1 Å². The zero-order chi connectivity index (χ0) is 20.3. The summed E-state index contributed by atoms with van der Waals surface area (Å²) < 4.78 is 50.3. The molecule has 0 aliphatic rings. The molecular weight excluding hydrogens is 416 g/mol. The van der Waals surface area contributed by atoms with E-state index >= 15 is 0 Å². The van der Waals surface area contributed by atoms with E-state index in [-0.39, 0.29) is 11.6 Å². The van der Waals surface area contributed by atoms with Gasteiger partial charge in [-0.3, -0.25) is 0 Å². The van der Waals surface area contributed by atoms with Crippen molar-refractivity contribution in [1.82, 2.24) is 9.97 Å². The Labute approximate surface area is 168 Å². The lowest BCUT2D eigenvalue weighted by Crippen LogP contribution is -2.32. The number of hydrogen-bond acceptors (Lipinski definition) is 4. The molecule has 0 bridgehead atoms. The average Bonchev–Trinajstić information content (AvgIpc) is 2.68. The van der Waals surface area contributed by atoms with E-state index in [1.165, 1.54) is 55.8 Å². The van der Waals surface area contributed by atoms with E-state index in [0.717, 1.165) is 0 Å². The van der Waals surface area contributed by atoms with Crippen molar-refractivity contribution < 1.29 is 22.6 Å². The first kappa shape index (κ1) is 20.2. The Morgan fingerprint density at radius 3 is 2.39 bits per heavy atom. The Morgan fingerprint density at radius 2 is 1.75 bits per heavy atom. The highest BCUT2D eigenvalue weighted by molar-refractivity contribution is 6.44. The van der Waals surface area contributed by atoms with Gasteiger partial charge in [-0.05, 0) is 36.4 Å². The zero-order valence-corrected chi connectivity index (χ0v) is 15.9. The van der Waals surface area contributed by atoms with Crippen molar-refractivity contribution in [1.29, 1.82) is 0 Å². The average molecular weight is 429 g/mol. The number of ether oxygens (including phenoxy) is 2. The molecule has 0 unspecified atom stereocenters.